The number of pyridine rings is 1. The maximum absolute atomic E-state index is 12.8. The molecular weight excluding hydrogens is 388 g/mol. The van der Waals surface area contributed by atoms with Crippen LogP contribution < -0.4 is 20.5 Å². The number of nitrogens with one attached hydrogen (secondary N) is 1. The lowest BCUT2D eigenvalue weighted by atomic mass is 10.1. The van der Waals surface area contributed by atoms with Crippen LogP contribution in [0.25, 0.3) is 11.0 Å². The molecule has 9 heteroatoms. The van der Waals surface area contributed by atoms with Crippen LogP contribution in [-0.4, -0.2) is 40.5 Å². The van der Waals surface area contributed by atoms with E-state index in [4.69, 9.17) is 14.2 Å². The first-order valence-electron chi connectivity index (χ1n) is 9.76. The highest BCUT2D eigenvalue weighted by molar-refractivity contribution is 5.88. The predicted octanol–water partition coefficient (Wildman–Crippen LogP) is 3.01. The predicted molar refractivity (Wildman–Crippen MR) is 111 cm³/mol. The summed E-state index contributed by atoms with van der Waals surface area (Å²) in [5.41, 5.74) is 2.09. The number of rotatable bonds is 4. The fourth-order valence-corrected chi connectivity index (χ4v) is 3.71. The number of hydrogen-bond acceptors (Lipinski definition) is 6. The average Bonchev–Trinajstić information content (AvgIpc) is 3.00. The molecule has 0 spiro atoms. The number of anilines is 1. The Morgan fingerprint density at radius 2 is 2.00 bits per heavy atom. The third-order valence-corrected chi connectivity index (χ3v) is 5.35. The molecule has 0 bridgehead atoms. The van der Waals surface area contributed by atoms with Gasteiger partial charge < -0.3 is 14.2 Å². The number of methoxy groups -OCH3 is 1. The second kappa shape index (κ2) is 8.19. The molecule has 0 unspecified atom stereocenters. The fraction of sp³-hybridized carbons (Fsp3) is 0.381. The van der Waals surface area contributed by atoms with Gasteiger partial charge in [-0.15, -0.1) is 0 Å². The lowest BCUT2D eigenvalue weighted by Crippen LogP contribution is -2.29. The number of carbonyl (C=O) groups is 1. The van der Waals surface area contributed by atoms with E-state index >= 15 is 0 Å². The summed E-state index contributed by atoms with van der Waals surface area (Å²) < 4.78 is 19.3. The Morgan fingerprint density at radius 3 is 2.70 bits per heavy atom. The van der Waals surface area contributed by atoms with E-state index in [0.717, 1.165) is 23.9 Å². The molecule has 0 aliphatic carbocycles. The number of imidazole rings is 1. The Hall–Kier alpha value is -3.33. The Morgan fingerprint density at radius 1 is 1.23 bits per heavy atom. The SMILES string of the molecule is COc1ccc(OC(=O)Nc2cc3c(cn2)n(C)c(=O)n3C2CCOCC2)c(C)c1. The number of benzene rings is 1. The van der Waals surface area contributed by atoms with E-state index in [9.17, 15) is 9.59 Å². The van der Waals surface area contributed by atoms with Crippen LogP contribution >= 0.6 is 0 Å². The van der Waals surface area contributed by atoms with Crippen molar-refractivity contribution in [2.45, 2.75) is 25.8 Å². The minimum atomic E-state index is -0.661. The summed E-state index contributed by atoms with van der Waals surface area (Å²) in [5.74, 6) is 1.42. The number of aromatic nitrogens is 3. The van der Waals surface area contributed by atoms with Crippen LogP contribution in [0.5, 0.6) is 11.5 Å². The van der Waals surface area contributed by atoms with Gasteiger partial charge in [-0.25, -0.2) is 14.6 Å². The average molecular weight is 412 g/mol. The molecule has 1 aromatic carbocycles. The summed E-state index contributed by atoms with van der Waals surface area (Å²) in [6.45, 7) is 3.07. The Bertz CT molecular complexity index is 1140. The molecule has 1 amide bonds. The van der Waals surface area contributed by atoms with Gasteiger partial charge in [0.25, 0.3) is 0 Å². The molecule has 3 heterocycles. The molecule has 2 aromatic heterocycles. The number of aryl methyl sites for hydroxylation is 2. The summed E-state index contributed by atoms with van der Waals surface area (Å²) in [7, 11) is 3.29. The third-order valence-electron chi connectivity index (χ3n) is 5.35. The molecule has 1 saturated heterocycles. The van der Waals surface area contributed by atoms with Crippen LogP contribution in [0, 0.1) is 6.92 Å². The molecule has 0 saturated carbocycles. The van der Waals surface area contributed by atoms with Gasteiger partial charge in [0, 0.05) is 32.4 Å². The smallest absolute Gasteiger partial charge is 0.418 e. The van der Waals surface area contributed by atoms with Crippen LogP contribution in [0.2, 0.25) is 0 Å². The van der Waals surface area contributed by atoms with Crippen molar-refractivity contribution < 1.29 is 19.0 Å². The number of nitrogens with zero attached hydrogens (tertiary/aromatic N) is 3. The van der Waals surface area contributed by atoms with Gasteiger partial charge in [-0.2, -0.15) is 0 Å². The normalized spacial score (nSPS) is 14.6. The molecular formula is C21H24N4O5. The highest BCUT2D eigenvalue weighted by Crippen LogP contribution is 2.26. The van der Waals surface area contributed by atoms with Gasteiger partial charge in [0.2, 0.25) is 0 Å². The third kappa shape index (κ3) is 3.76. The Labute approximate surface area is 173 Å². The van der Waals surface area contributed by atoms with Gasteiger partial charge in [0.05, 0.1) is 24.3 Å². The highest BCUT2D eigenvalue weighted by Gasteiger charge is 2.22. The molecule has 0 radical (unpaired) electrons. The topological polar surface area (TPSA) is 96.6 Å². The first-order valence-corrected chi connectivity index (χ1v) is 9.76. The zero-order valence-corrected chi connectivity index (χ0v) is 17.2. The quantitative estimate of drug-likeness (QED) is 0.708. The molecule has 1 fully saturated rings. The zero-order valence-electron chi connectivity index (χ0n) is 17.2. The monoisotopic (exact) mass is 412 g/mol. The molecule has 3 aromatic rings. The summed E-state index contributed by atoms with van der Waals surface area (Å²) in [6.07, 6.45) is 2.46. The largest absolute Gasteiger partial charge is 0.497 e. The van der Waals surface area contributed by atoms with E-state index in [1.165, 1.54) is 0 Å². The maximum atomic E-state index is 12.8. The highest BCUT2D eigenvalue weighted by atomic mass is 16.6. The van der Waals surface area contributed by atoms with Crippen molar-refractivity contribution in [3.05, 3.63) is 46.5 Å². The second-order valence-electron chi connectivity index (χ2n) is 7.26. The number of fused-ring (bicyclic) bond motifs is 1. The molecule has 1 N–H and O–H groups in total. The summed E-state index contributed by atoms with van der Waals surface area (Å²) >= 11 is 0. The Kier molecular flexibility index (Phi) is 5.45. The van der Waals surface area contributed by atoms with Crippen LogP contribution in [0.1, 0.15) is 24.4 Å². The van der Waals surface area contributed by atoms with Gasteiger partial charge >= 0.3 is 11.8 Å². The fourth-order valence-electron chi connectivity index (χ4n) is 3.71. The molecule has 158 valence electrons. The van der Waals surface area contributed by atoms with E-state index in [2.05, 4.69) is 10.3 Å². The van der Waals surface area contributed by atoms with Gasteiger partial charge in [-0.05, 0) is 43.5 Å². The molecule has 4 rings (SSSR count). The number of hydrogen-bond donors (Lipinski definition) is 1. The van der Waals surface area contributed by atoms with Crippen molar-refractivity contribution in [1.29, 1.82) is 0 Å². The number of carbonyl (C=O) groups excluding carboxylic acids is 1. The summed E-state index contributed by atoms with van der Waals surface area (Å²) in [5, 5.41) is 2.64. The van der Waals surface area contributed by atoms with E-state index in [-0.39, 0.29) is 11.7 Å². The van der Waals surface area contributed by atoms with Gasteiger partial charge in [-0.3, -0.25) is 14.5 Å². The van der Waals surface area contributed by atoms with Crippen molar-refractivity contribution >= 4 is 22.9 Å². The zero-order chi connectivity index (χ0) is 21.3. The van der Waals surface area contributed by atoms with Crippen molar-refractivity contribution in [3.8, 4) is 11.5 Å². The van der Waals surface area contributed by atoms with Crippen LogP contribution in [0.15, 0.2) is 35.3 Å². The minimum absolute atomic E-state index is 0.0547. The van der Waals surface area contributed by atoms with E-state index < -0.39 is 6.09 Å². The maximum Gasteiger partial charge on any atom is 0.418 e. The second-order valence-corrected chi connectivity index (χ2v) is 7.26. The number of amides is 1. The summed E-state index contributed by atoms with van der Waals surface area (Å²) in [6, 6.07) is 6.93. The minimum Gasteiger partial charge on any atom is -0.497 e. The lowest BCUT2D eigenvalue weighted by molar-refractivity contribution is 0.0696. The lowest BCUT2D eigenvalue weighted by Gasteiger charge is -2.23. The van der Waals surface area contributed by atoms with E-state index in [0.29, 0.717) is 36.0 Å². The van der Waals surface area contributed by atoms with E-state index in [1.54, 1.807) is 53.8 Å². The van der Waals surface area contributed by atoms with Gasteiger partial charge in [-0.1, -0.05) is 0 Å². The molecule has 1 aliphatic rings. The van der Waals surface area contributed by atoms with E-state index in [1.807, 2.05) is 6.92 Å². The standard InChI is InChI=1S/C21H24N4O5/c1-13-10-15(28-3)4-5-18(13)30-20(26)23-19-11-16-17(12-22-19)24(2)21(27)25(16)14-6-8-29-9-7-14/h4-5,10-12,14H,6-9H2,1-3H3,(H,22,23,26). The molecule has 9 nitrogen and oxygen atoms in total. The summed E-state index contributed by atoms with van der Waals surface area (Å²) in [4.78, 5) is 29.4. The van der Waals surface area contributed by atoms with Crippen LogP contribution in [0.4, 0.5) is 10.6 Å². The van der Waals surface area contributed by atoms with Crippen LogP contribution in [-0.2, 0) is 11.8 Å². The van der Waals surface area contributed by atoms with Crippen molar-refractivity contribution in [2.24, 2.45) is 7.05 Å². The first-order chi connectivity index (χ1) is 14.5. The van der Waals surface area contributed by atoms with Gasteiger partial charge in [0.15, 0.2) is 0 Å². The first kappa shape index (κ1) is 20.0. The van der Waals surface area contributed by atoms with Crippen molar-refractivity contribution in [3.63, 3.8) is 0 Å². The van der Waals surface area contributed by atoms with Gasteiger partial charge in [0.1, 0.15) is 17.3 Å². The van der Waals surface area contributed by atoms with Crippen molar-refractivity contribution in [2.75, 3.05) is 25.6 Å². The molecule has 1 aliphatic heterocycles. The molecule has 30 heavy (non-hydrogen) atoms. The van der Waals surface area contributed by atoms with Crippen LogP contribution in [0.3, 0.4) is 0 Å². The Balaban J connectivity index is 1.59. The number of ether oxygens (including phenoxy) is 3. The molecule has 0 atom stereocenters. The van der Waals surface area contributed by atoms with Crippen molar-refractivity contribution in [1.82, 2.24) is 14.1 Å².